The molecule has 0 aliphatic carbocycles. The number of para-hydroxylation sites is 1. The monoisotopic (exact) mass is 295 g/mol. The predicted molar refractivity (Wildman–Crippen MR) is 90.4 cm³/mol. The van der Waals surface area contributed by atoms with Crippen molar-refractivity contribution in [2.45, 2.75) is 13.0 Å². The lowest BCUT2D eigenvalue weighted by molar-refractivity contribution is 0.163. The average molecular weight is 295 g/mol. The lowest BCUT2D eigenvalue weighted by Gasteiger charge is -2.44. The number of likely N-dealkylation sites (tertiary alicyclic amines) is 1. The third kappa shape index (κ3) is 3.06. The summed E-state index contributed by atoms with van der Waals surface area (Å²) in [5.41, 5.74) is 3.18. The number of rotatable bonds is 3. The van der Waals surface area contributed by atoms with Crippen LogP contribution in [-0.4, -0.2) is 37.1 Å². The van der Waals surface area contributed by atoms with Crippen molar-refractivity contribution in [3.63, 3.8) is 0 Å². The van der Waals surface area contributed by atoms with Crippen molar-refractivity contribution in [2.24, 2.45) is 0 Å². The van der Waals surface area contributed by atoms with E-state index in [0.29, 0.717) is 6.04 Å². The number of benzene rings is 2. The van der Waals surface area contributed by atoms with E-state index in [1.165, 1.54) is 5.69 Å². The number of likely N-dealkylation sites (N-methyl/N-ethyl adjacent to an activating group) is 1. The summed E-state index contributed by atoms with van der Waals surface area (Å²) in [6.45, 7) is 3.52. The number of amides is 2. The van der Waals surface area contributed by atoms with Gasteiger partial charge in [-0.05, 0) is 36.8 Å². The van der Waals surface area contributed by atoms with Gasteiger partial charge in [0.2, 0.25) is 0 Å². The second-order valence-corrected chi connectivity index (χ2v) is 5.80. The molecule has 1 aliphatic rings. The van der Waals surface area contributed by atoms with Crippen LogP contribution in [0.5, 0.6) is 0 Å². The molecular formula is C18H21N3O. The number of nitrogens with zero attached hydrogens (tertiary/aromatic N) is 2. The van der Waals surface area contributed by atoms with E-state index in [1.807, 2.05) is 54.3 Å². The maximum atomic E-state index is 12.2. The van der Waals surface area contributed by atoms with Crippen molar-refractivity contribution >= 4 is 17.4 Å². The Kier molecular flexibility index (Phi) is 4.00. The largest absolute Gasteiger partial charge is 0.368 e. The summed E-state index contributed by atoms with van der Waals surface area (Å²) in [4.78, 5) is 16.3. The number of aryl methyl sites for hydroxylation is 1. The van der Waals surface area contributed by atoms with Crippen LogP contribution in [-0.2, 0) is 0 Å². The summed E-state index contributed by atoms with van der Waals surface area (Å²) >= 11 is 0. The van der Waals surface area contributed by atoms with Crippen molar-refractivity contribution in [3.8, 4) is 0 Å². The molecule has 4 nitrogen and oxygen atoms in total. The van der Waals surface area contributed by atoms with Gasteiger partial charge >= 0.3 is 6.03 Å². The number of urea groups is 1. The van der Waals surface area contributed by atoms with Gasteiger partial charge in [0.1, 0.15) is 0 Å². The summed E-state index contributed by atoms with van der Waals surface area (Å²) < 4.78 is 0. The van der Waals surface area contributed by atoms with E-state index in [4.69, 9.17) is 0 Å². The molecule has 0 bridgehead atoms. The van der Waals surface area contributed by atoms with E-state index in [0.717, 1.165) is 24.3 Å². The zero-order valence-electron chi connectivity index (χ0n) is 13.0. The highest BCUT2D eigenvalue weighted by Gasteiger charge is 2.33. The molecule has 3 rings (SSSR count). The predicted octanol–water partition coefficient (Wildman–Crippen LogP) is 3.35. The summed E-state index contributed by atoms with van der Waals surface area (Å²) in [5.74, 6) is 0. The zero-order valence-corrected chi connectivity index (χ0v) is 13.0. The van der Waals surface area contributed by atoms with Crippen LogP contribution < -0.4 is 10.2 Å². The summed E-state index contributed by atoms with van der Waals surface area (Å²) in [6.07, 6.45) is 0. The van der Waals surface area contributed by atoms with Gasteiger partial charge in [-0.15, -0.1) is 0 Å². The van der Waals surface area contributed by atoms with Gasteiger partial charge in [-0.3, -0.25) is 0 Å². The fourth-order valence-electron chi connectivity index (χ4n) is 2.67. The maximum absolute atomic E-state index is 12.2. The van der Waals surface area contributed by atoms with E-state index < -0.39 is 0 Å². The highest BCUT2D eigenvalue weighted by atomic mass is 16.2. The molecule has 1 saturated heterocycles. The van der Waals surface area contributed by atoms with Gasteiger partial charge in [-0.2, -0.15) is 0 Å². The third-order valence-corrected chi connectivity index (χ3v) is 4.13. The quantitative estimate of drug-likeness (QED) is 0.942. The Morgan fingerprint density at radius 1 is 1.14 bits per heavy atom. The Bertz CT molecular complexity index is 650. The maximum Gasteiger partial charge on any atom is 0.321 e. The van der Waals surface area contributed by atoms with Crippen molar-refractivity contribution in [2.75, 3.05) is 30.4 Å². The number of hydrogen-bond donors (Lipinski definition) is 1. The highest BCUT2D eigenvalue weighted by Crippen LogP contribution is 2.21. The van der Waals surface area contributed by atoms with Crippen LogP contribution in [0.3, 0.4) is 0 Å². The van der Waals surface area contributed by atoms with Crippen LogP contribution >= 0.6 is 0 Å². The summed E-state index contributed by atoms with van der Waals surface area (Å²) in [6, 6.07) is 18.5. The molecule has 2 aromatic rings. The van der Waals surface area contributed by atoms with E-state index in [1.54, 1.807) is 0 Å². The minimum Gasteiger partial charge on any atom is -0.368 e. The number of anilines is 2. The molecule has 0 radical (unpaired) electrons. The van der Waals surface area contributed by atoms with Gasteiger partial charge < -0.3 is 15.1 Å². The normalized spacial score (nSPS) is 14.4. The van der Waals surface area contributed by atoms with Gasteiger partial charge in [0.05, 0.1) is 6.04 Å². The van der Waals surface area contributed by atoms with E-state index >= 15 is 0 Å². The van der Waals surface area contributed by atoms with Crippen molar-refractivity contribution in [1.29, 1.82) is 0 Å². The first-order valence-corrected chi connectivity index (χ1v) is 7.54. The van der Waals surface area contributed by atoms with Gasteiger partial charge in [0, 0.05) is 31.5 Å². The van der Waals surface area contributed by atoms with E-state index in [9.17, 15) is 4.79 Å². The minimum atomic E-state index is -0.0247. The molecule has 1 fully saturated rings. The molecule has 0 unspecified atom stereocenters. The first kappa shape index (κ1) is 14.4. The topological polar surface area (TPSA) is 35.6 Å². The van der Waals surface area contributed by atoms with Crippen LogP contribution in [0.15, 0.2) is 54.6 Å². The Morgan fingerprint density at radius 3 is 2.55 bits per heavy atom. The molecule has 0 atom stereocenters. The number of carbonyl (C=O) groups is 1. The van der Waals surface area contributed by atoms with Crippen LogP contribution in [0, 0.1) is 6.92 Å². The first-order chi connectivity index (χ1) is 10.6. The van der Waals surface area contributed by atoms with Crippen LogP contribution in [0.1, 0.15) is 5.56 Å². The van der Waals surface area contributed by atoms with Crippen molar-refractivity contribution in [3.05, 3.63) is 60.2 Å². The zero-order chi connectivity index (χ0) is 15.5. The molecule has 2 aromatic carbocycles. The Hall–Kier alpha value is -2.49. The van der Waals surface area contributed by atoms with Gasteiger partial charge in [-0.1, -0.05) is 30.3 Å². The standard InChI is InChI=1S/C18H21N3O/c1-14-7-6-8-15(11-14)19-18(22)21-12-17(13-21)20(2)16-9-4-3-5-10-16/h3-11,17H,12-13H2,1-2H3,(H,19,22). The SMILES string of the molecule is Cc1cccc(NC(=O)N2CC(N(C)c3ccccc3)C2)c1. The number of hydrogen-bond acceptors (Lipinski definition) is 2. The number of nitrogens with one attached hydrogen (secondary N) is 1. The Balaban J connectivity index is 1.53. The second-order valence-electron chi connectivity index (χ2n) is 5.80. The summed E-state index contributed by atoms with van der Waals surface area (Å²) in [5, 5.41) is 2.95. The third-order valence-electron chi connectivity index (χ3n) is 4.13. The smallest absolute Gasteiger partial charge is 0.321 e. The average Bonchev–Trinajstić information content (AvgIpc) is 2.46. The Labute approximate surface area is 131 Å². The lowest BCUT2D eigenvalue weighted by Crippen LogP contribution is -2.61. The molecule has 4 heteroatoms. The van der Waals surface area contributed by atoms with E-state index in [2.05, 4.69) is 29.4 Å². The lowest BCUT2D eigenvalue weighted by atomic mass is 10.1. The molecular weight excluding hydrogens is 274 g/mol. The van der Waals surface area contributed by atoms with Crippen LogP contribution in [0.2, 0.25) is 0 Å². The van der Waals surface area contributed by atoms with Crippen molar-refractivity contribution in [1.82, 2.24) is 4.90 Å². The number of carbonyl (C=O) groups excluding carboxylic acids is 1. The van der Waals surface area contributed by atoms with Gasteiger partial charge in [0.15, 0.2) is 0 Å². The van der Waals surface area contributed by atoms with Crippen LogP contribution in [0.25, 0.3) is 0 Å². The fourth-order valence-corrected chi connectivity index (χ4v) is 2.67. The molecule has 114 valence electrons. The van der Waals surface area contributed by atoms with Crippen LogP contribution in [0.4, 0.5) is 16.2 Å². The molecule has 0 aromatic heterocycles. The van der Waals surface area contributed by atoms with Gasteiger partial charge in [-0.25, -0.2) is 4.79 Å². The Morgan fingerprint density at radius 2 is 1.86 bits per heavy atom. The first-order valence-electron chi connectivity index (χ1n) is 7.54. The second kappa shape index (κ2) is 6.10. The van der Waals surface area contributed by atoms with Crippen molar-refractivity contribution < 1.29 is 4.79 Å². The van der Waals surface area contributed by atoms with E-state index in [-0.39, 0.29) is 6.03 Å². The molecule has 22 heavy (non-hydrogen) atoms. The highest BCUT2D eigenvalue weighted by molar-refractivity contribution is 5.90. The molecule has 1 heterocycles. The molecule has 1 aliphatic heterocycles. The fraction of sp³-hybridized carbons (Fsp3) is 0.278. The molecule has 0 saturated carbocycles. The molecule has 0 spiro atoms. The van der Waals surface area contributed by atoms with Gasteiger partial charge in [0.25, 0.3) is 0 Å². The minimum absolute atomic E-state index is 0.0247. The molecule has 2 amide bonds. The summed E-state index contributed by atoms with van der Waals surface area (Å²) in [7, 11) is 2.08. The molecule has 1 N–H and O–H groups in total.